The van der Waals surface area contributed by atoms with Crippen molar-refractivity contribution >= 4 is 6.09 Å². The first-order valence-electron chi connectivity index (χ1n) is 5.50. The summed E-state index contributed by atoms with van der Waals surface area (Å²) >= 11 is 0. The van der Waals surface area contributed by atoms with Gasteiger partial charge in [0.05, 0.1) is 0 Å². The molecule has 1 amide bonds. The minimum Gasteiger partial charge on any atom is -0.465 e. The van der Waals surface area contributed by atoms with Gasteiger partial charge in [-0.25, -0.2) is 4.79 Å². The van der Waals surface area contributed by atoms with Gasteiger partial charge in [-0.1, -0.05) is 27.2 Å². The molecule has 0 heterocycles. The molecule has 3 heteroatoms. The molecule has 0 aromatic carbocycles. The van der Waals surface area contributed by atoms with Crippen molar-refractivity contribution in [3.05, 3.63) is 0 Å². The summed E-state index contributed by atoms with van der Waals surface area (Å²) in [5.74, 6) is 1.74. The fraction of sp³-hybridized carbons (Fsp3) is 0.909. The molecule has 0 spiro atoms. The van der Waals surface area contributed by atoms with Gasteiger partial charge < -0.3 is 10.4 Å². The third kappa shape index (κ3) is 2.89. The van der Waals surface area contributed by atoms with Crippen molar-refractivity contribution in [2.75, 3.05) is 0 Å². The standard InChI is InChI=1S/C11H21NO2/c1-7(2)9-5-4-8(3)6-10(9)12-11(13)14/h7-10,12H,4-6H2,1-3H3,(H,13,14)/t8-,9+,10+/m0/s1. The average molecular weight is 199 g/mol. The first-order valence-corrected chi connectivity index (χ1v) is 5.50. The minimum atomic E-state index is -0.880. The van der Waals surface area contributed by atoms with E-state index in [1.54, 1.807) is 0 Å². The lowest BCUT2D eigenvalue weighted by molar-refractivity contribution is 0.147. The zero-order valence-corrected chi connectivity index (χ0v) is 9.29. The molecule has 0 aromatic rings. The lowest BCUT2D eigenvalue weighted by atomic mass is 9.74. The molecule has 1 aliphatic rings. The monoisotopic (exact) mass is 199 g/mol. The zero-order valence-electron chi connectivity index (χ0n) is 9.29. The Morgan fingerprint density at radius 2 is 2.07 bits per heavy atom. The fourth-order valence-electron chi connectivity index (χ4n) is 2.53. The molecule has 0 unspecified atom stereocenters. The van der Waals surface area contributed by atoms with Crippen molar-refractivity contribution in [1.29, 1.82) is 0 Å². The predicted molar refractivity (Wildman–Crippen MR) is 56.3 cm³/mol. The normalized spacial score (nSPS) is 33.0. The Labute approximate surface area is 85.9 Å². The van der Waals surface area contributed by atoms with E-state index in [9.17, 15) is 4.79 Å². The minimum absolute atomic E-state index is 0.163. The van der Waals surface area contributed by atoms with Crippen LogP contribution in [0.25, 0.3) is 0 Å². The lowest BCUT2D eigenvalue weighted by Crippen LogP contribution is -2.45. The first kappa shape index (κ1) is 11.3. The third-order valence-electron chi connectivity index (χ3n) is 3.33. The van der Waals surface area contributed by atoms with Crippen LogP contribution in [0.5, 0.6) is 0 Å². The van der Waals surface area contributed by atoms with Gasteiger partial charge in [0, 0.05) is 6.04 Å². The van der Waals surface area contributed by atoms with Crippen LogP contribution in [0.2, 0.25) is 0 Å². The highest BCUT2D eigenvalue weighted by molar-refractivity contribution is 5.64. The van der Waals surface area contributed by atoms with Crippen LogP contribution in [0.3, 0.4) is 0 Å². The molecule has 3 atom stereocenters. The van der Waals surface area contributed by atoms with E-state index >= 15 is 0 Å². The van der Waals surface area contributed by atoms with Crippen molar-refractivity contribution in [1.82, 2.24) is 5.32 Å². The number of rotatable bonds is 2. The van der Waals surface area contributed by atoms with Crippen LogP contribution in [-0.4, -0.2) is 17.2 Å². The Bertz CT molecular complexity index is 203. The Balaban J connectivity index is 2.58. The maximum atomic E-state index is 10.6. The van der Waals surface area contributed by atoms with E-state index in [0.717, 1.165) is 12.8 Å². The largest absolute Gasteiger partial charge is 0.465 e. The highest BCUT2D eigenvalue weighted by atomic mass is 16.4. The molecule has 82 valence electrons. The van der Waals surface area contributed by atoms with E-state index < -0.39 is 6.09 Å². The summed E-state index contributed by atoms with van der Waals surface area (Å²) < 4.78 is 0. The molecule has 2 N–H and O–H groups in total. The van der Waals surface area contributed by atoms with E-state index in [2.05, 4.69) is 26.1 Å². The fourth-order valence-corrected chi connectivity index (χ4v) is 2.53. The Morgan fingerprint density at radius 3 is 2.57 bits per heavy atom. The van der Waals surface area contributed by atoms with Crippen LogP contribution in [-0.2, 0) is 0 Å². The van der Waals surface area contributed by atoms with E-state index in [1.807, 2.05) is 0 Å². The average Bonchev–Trinajstić information content (AvgIpc) is 2.01. The lowest BCUT2D eigenvalue weighted by Gasteiger charge is -2.37. The molecule has 1 rings (SSSR count). The van der Waals surface area contributed by atoms with E-state index in [1.165, 1.54) is 6.42 Å². The van der Waals surface area contributed by atoms with Gasteiger partial charge >= 0.3 is 6.09 Å². The van der Waals surface area contributed by atoms with Crippen LogP contribution < -0.4 is 5.32 Å². The van der Waals surface area contributed by atoms with E-state index in [4.69, 9.17) is 5.11 Å². The highest BCUT2D eigenvalue weighted by Crippen LogP contribution is 2.33. The van der Waals surface area contributed by atoms with E-state index in [-0.39, 0.29) is 6.04 Å². The van der Waals surface area contributed by atoms with Gasteiger partial charge in [-0.2, -0.15) is 0 Å². The van der Waals surface area contributed by atoms with Gasteiger partial charge in [-0.3, -0.25) is 0 Å². The molecular formula is C11H21NO2. The van der Waals surface area contributed by atoms with Crippen LogP contribution in [0.15, 0.2) is 0 Å². The molecule has 1 aliphatic carbocycles. The molecule has 0 aromatic heterocycles. The topological polar surface area (TPSA) is 49.3 Å². The van der Waals surface area contributed by atoms with Gasteiger partial charge in [0.2, 0.25) is 0 Å². The highest BCUT2D eigenvalue weighted by Gasteiger charge is 2.31. The molecule has 1 fully saturated rings. The van der Waals surface area contributed by atoms with Crippen molar-refractivity contribution in [2.45, 2.75) is 46.1 Å². The van der Waals surface area contributed by atoms with Gasteiger partial charge in [0.15, 0.2) is 0 Å². The molecular weight excluding hydrogens is 178 g/mol. The van der Waals surface area contributed by atoms with Gasteiger partial charge in [0.1, 0.15) is 0 Å². The third-order valence-corrected chi connectivity index (χ3v) is 3.33. The summed E-state index contributed by atoms with van der Waals surface area (Å²) in [6, 6.07) is 0.163. The second kappa shape index (κ2) is 4.67. The summed E-state index contributed by atoms with van der Waals surface area (Å²) in [4.78, 5) is 10.6. The van der Waals surface area contributed by atoms with Gasteiger partial charge in [0.25, 0.3) is 0 Å². The summed E-state index contributed by atoms with van der Waals surface area (Å²) in [5, 5.41) is 11.4. The van der Waals surface area contributed by atoms with Crippen molar-refractivity contribution in [3.8, 4) is 0 Å². The number of carbonyl (C=O) groups is 1. The van der Waals surface area contributed by atoms with Gasteiger partial charge in [-0.15, -0.1) is 0 Å². The molecule has 0 saturated heterocycles. The van der Waals surface area contributed by atoms with Crippen molar-refractivity contribution in [3.63, 3.8) is 0 Å². The summed E-state index contributed by atoms with van der Waals surface area (Å²) in [5.41, 5.74) is 0. The van der Waals surface area contributed by atoms with Crippen LogP contribution >= 0.6 is 0 Å². The van der Waals surface area contributed by atoms with Crippen molar-refractivity contribution in [2.24, 2.45) is 17.8 Å². The summed E-state index contributed by atoms with van der Waals surface area (Å²) in [7, 11) is 0. The second-order valence-electron chi connectivity index (χ2n) is 4.88. The number of nitrogens with one attached hydrogen (secondary N) is 1. The number of hydrogen-bond acceptors (Lipinski definition) is 1. The molecule has 14 heavy (non-hydrogen) atoms. The number of amides is 1. The van der Waals surface area contributed by atoms with E-state index in [0.29, 0.717) is 17.8 Å². The Kier molecular flexibility index (Phi) is 3.78. The number of carboxylic acid groups (broad SMARTS) is 1. The Morgan fingerprint density at radius 1 is 1.43 bits per heavy atom. The van der Waals surface area contributed by atoms with Crippen molar-refractivity contribution < 1.29 is 9.90 Å². The zero-order chi connectivity index (χ0) is 10.7. The maximum Gasteiger partial charge on any atom is 0.404 e. The molecule has 3 nitrogen and oxygen atoms in total. The molecule has 0 aliphatic heterocycles. The first-order chi connectivity index (χ1) is 6.50. The summed E-state index contributed by atoms with van der Waals surface area (Å²) in [6.07, 6.45) is 2.51. The smallest absolute Gasteiger partial charge is 0.404 e. The maximum absolute atomic E-state index is 10.6. The van der Waals surface area contributed by atoms with Gasteiger partial charge in [-0.05, 0) is 30.6 Å². The number of hydrogen-bond donors (Lipinski definition) is 2. The Hall–Kier alpha value is -0.730. The molecule has 0 radical (unpaired) electrons. The molecule has 1 saturated carbocycles. The summed E-state index contributed by atoms with van der Waals surface area (Å²) in [6.45, 7) is 6.56. The second-order valence-corrected chi connectivity index (χ2v) is 4.88. The quantitative estimate of drug-likeness (QED) is 0.718. The van der Waals surface area contributed by atoms with Crippen LogP contribution in [0.4, 0.5) is 4.79 Å². The molecule has 0 bridgehead atoms. The van der Waals surface area contributed by atoms with Crippen LogP contribution in [0.1, 0.15) is 40.0 Å². The predicted octanol–water partition coefficient (Wildman–Crippen LogP) is 2.71. The SMILES string of the molecule is CC(C)[C@H]1CC[C@H](C)C[C@H]1NC(=O)O. The van der Waals surface area contributed by atoms with Crippen LogP contribution in [0, 0.1) is 17.8 Å².